The van der Waals surface area contributed by atoms with E-state index in [9.17, 15) is 9.90 Å². The number of benzene rings is 1. The second-order valence-electron chi connectivity index (χ2n) is 9.18. The Labute approximate surface area is 169 Å². The normalized spacial score (nSPS) is 25.6. The Kier molecular flexibility index (Phi) is 6.97. The van der Waals surface area contributed by atoms with Crippen molar-refractivity contribution in [2.75, 3.05) is 20.3 Å². The van der Waals surface area contributed by atoms with E-state index in [1.54, 1.807) is 14.0 Å². The van der Waals surface area contributed by atoms with Gasteiger partial charge in [-0.15, -0.1) is 0 Å². The van der Waals surface area contributed by atoms with Crippen molar-refractivity contribution < 1.29 is 28.5 Å². The molecule has 1 saturated heterocycles. The summed E-state index contributed by atoms with van der Waals surface area (Å²) in [5.74, 6) is 0.353. The molecule has 0 bridgehead atoms. The lowest BCUT2D eigenvalue weighted by molar-refractivity contribution is -0.151. The quantitative estimate of drug-likeness (QED) is 0.522. The first kappa shape index (κ1) is 22.9. The van der Waals surface area contributed by atoms with E-state index in [-0.39, 0.29) is 18.3 Å². The van der Waals surface area contributed by atoms with Crippen LogP contribution in [0.4, 0.5) is 0 Å². The molecule has 2 rings (SSSR count). The number of hydrogen-bond acceptors (Lipinski definition) is 6. The molecule has 1 aliphatic heterocycles. The van der Waals surface area contributed by atoms with Crippen LogP contribution >= 0.6 is 0 Å². The van der Waals surface area contributed by atoms with Crippen molar-refractivity contribution >= 4 is 14.3 Å². The number of rotatable bonds is 8. The lowest BCUT2D eigenvalue weighted by Gasteiger charge is -2.41. The summed E-state index contributed by atoms with van der Waals surface area (Å²) in [5.41, 5.74) is -0.0826. The Hall–Kier alpha value is -1.41. The predicted molar refractivity (Wildman–Crippen MR) is 110 cm³/mol. The Balaban J connectivity index is 2.08. The van der Waals surface area contributed by atoms with Crippen LogP contribution < -0.4 is 4.74 Å². The molecule has 0 aromatic heterocycles. The third-order valence-electron chi connectivity index (χ3n) is 5.96. The first-order valence-electron chi connectivity index (χ1n) is 9.65. The fourth-order valence-electron chi connectivity index (χ4n) is 2.85. The summed E-state index contributed by atoms with van der Waals surface area (Å²) >= 11 is 0. The maximum absolute atomic E-state index is 12.5. The summed E-state index contributed by atoms with van der Waals surface area (Å²) in [7, 11) is -0.547. The van der Waals surface area contributed by atoms with E-state index in [2.05, 4.69) is 33.9 Å². The minimum Gasteiger partial charge on any atom is -0.497 e. The highest BCUT2D eigenvalue weighted by Gasteiger charge is 2.57. The molecule has 6 nitrogen and oxygen atoms in total. The first-order chi connectivity index (χ1) is 12.9. The Morgan fingerprint density at radius 1 is 1.21 bits per heavy atom. The van der Waals surface area contributed by atoms with Crippen molar-refractivity contribution in [1.29, 1.82) is 0 Å². The zero-order chi connectivity index (χ0) is 21.2. The van der Waals surface area contributed by atoms with Crippen molar-refractivity contribution in [2.45, 2.75) is 64.6 Å². The van der Waals surface area contributed by atoms with E-state index in [0.717, 1.165) is 11.3 Å². The van der Waals surface area contributed by atoms with Gasteiger partial charge in [-0.05, 0) is 42.8 Å². The lowest BCUT2D eigenvalue weighted by atomic mass is 9.85. The molecular weight excluding hydrogens is 376 g/mol. The van der Waals surface area contributed by atoms with Crippen molar-refractivity contribution in [3.63, 3.8) is 0 Å². The molecule has 1 aliphatic rings. The number of carbonyl (C=O) groups is 1. The third-order valence-corrected chi connectivity index (χ3v) is 10.4. The van der Waals surface area contributed by atoms with Gasteiger partial charge in [-0.1, -0.05) is 32.9 Å². The van der Waals surface area contributed by atoms with E-state index in [1.165, 1.54) is 0 Å². The van der Waals surface area contributed by atoms with Crippen LogP contribution in [0.15, 0.2) is 24.3 Å². The highest BCUT2D eigenvalue weighted by Crippen LogP contribution is 2.43. The maximum atomic E-state index is 12.5. The molecule has 0 aliphatic carbocycles. The maximum Gasteiger partial charge on any atom is 0.317 e. The van der Waals surface area contributed by atoms with Crippen molar-refractivity contribution in [2.24, 2.45) is 5.41 Å². The summed E-state index contributed by atoms with van der Waals surface area (Å²) < 4.78 is 23.1. The number of esters is 1. The molecule has 1 N–H and O–H groups in total. The highest BCUT2D eigenvalue weighted by molar-refractivity contribution is 6.74. The topological polar surface area (TPSA) is 74.2 Å². The second-order valence-corrected chi connectivity index (χ2v) is 13.9. The van der Waals surface area contributed by atoms with Crippen LogP contribution in [0.5, 0.6) is 5.75 Å². The van der Waals surface area contributed by atoms with Crippen LogP contribution in [0.3, 0.4) is 0 Å². The van der Waals surface area contributed by atoms with Crippen LogP contribution in [0.25, 0.3) is 0 Å². The Morgan fingerprint density at radius 3 is 2.32 bits per heavy atom. The summed E-state index contributed by atoms with van der Waals surface area (Å²) in [6.45, 7) is 12.7. The predicted octanol–water partition coefficient (Wildman–Crippen LogP) is 3.53. The van der Waals surface area contributed by atoms with Crippen LogP contribution in [-0.2, 0) is 25.3 Å². The SMILES string of the molecule is COc1ccc(COC[C@H]2OC(=O)[C@](C)(CO)[C@@H]2O[Si](C)(C)C(C)(C)C)cc1. The van der Waals surface area contributed by atoms with Gasteiger partial charge in [0.2, 0.25) is 0 Å². The molecule has 3 atom stereocenters. The smallest absolute Gasteiger partial charge is 0.317 e. The zero-order valence-electron chi connectivity index (χ0n) is 18.1. The number of ether oxygens (including phenoxy) is 3. The summed E-state index contributed by atoms with van der Waals surface area (Å²) in [6.07, 6.45) is -1.08. The number of aliphatic hydroxyl groups is 1. The highest BCUT2D eigenvalue weighted by atomic mass is 28.4. The van der Waals surface area contributed by atoms with Gasteiger partial charge in [0, 0.05) is 0 Å². The number of methoxy groups -OCH3 is 1. The van der Waals surface area contributed by atoms with Gasteiger partial charge in [0.25, 0.3) is 0 Å². The number of cyclic esters (lactones) is 1. The second kappa shape index (κ2) is 8.53. The minimum atomic E-state index is -2.17. The van der Waals surface area contributed by atoms with Gasteiger partial charge in [-0.2, -0.15) is 0 Å². The summed E-state index contributed by atoms with van der Waals surface area (Å²) in [4.78, 5) is 12.5. The van der Waals surface area contributed by atoms with Crippen LogP contribution in [0.1, 0.15) is 33.3 Å². The molecule has 0 spiro atoms. The number of carbonyl (C=O) groups excluding carboxylic acids is 1. The van der Waals surface area contributed by atoms with Crippen LogP contribution in [-0.4, -0.2) is 51.9 Å². The molecule has 1 aromatic rings. The Morgan fingerprint density at radius 2 is 1.82 bits per heavy atom. The van der Waals surface area contributed by atoms with E-state index < -0.39 is 31.9 Å². The van der Waals surface area contributed by atoms with Gasteiger partial charge in [0.1, 0.15) is 17.3 Å². The van der Waals surface area contributed by atoms with Gasteiger partial charge in [0.15, 0.2) is 14.4 Å². The average molecular weight is 411 g/mol. The summed E-state index contributed by atoms with van der Waals surface area (Å²) in [5, 5.41) is 9.89. The fourth-order valence-corrected chi connectivity index (χ4v) is 4.25. The number of aliphatic hydroxyl groups excluding tert-OH is 1. The van der Waals surface area contributed by atoms with E-state index in [1.807, 2.05) is 24.3 Å². The molecule has 0 saturated carbocycles. The van der Waals surface area contributed by atoms with Crippen molar-refractivity contribution in [3.8, 4) is 5.75 Å². The average Bonchev–Trinajstić information content (AvgIpc) is 2.86. The van der Waals surface area contributed by atoms with Gasteiger partial charge in [0.05, 0.1) is 26.9 Å². The van der Waals surface area contributed by atoms with Crippen LogP contribution in [0, 0.1) is 5.41 Å². The van der Waals surface area contributed by atoms with Crippen LogP contribution in [0.2, 0.25) is 18.1 Å². The molecule has 158 valence electrons. The minimum absolute atomic E-state index is 0.0243. The number of hydrogen-bond donors (Lipinski definition) is 1. The first-order valence-corrected chi connectivity index (χ1v) is 12.6. The molecule has 1 fully saturated rings. The van der Waals surface area contributed by atoms with E-state index in [0.29, 0.717) is 6.61 Å². The van der Waals surface area contributed by atoms with E-state index >= 15 is 0 Å². The molecule has 1 aromatic carbocycles. The monoisotopic (exact) mass is 410 g/mol. The lowest BCUT2D eigenvalue weighted by Crippen LogP contribution is -2.52. The van der Waals surface area contributed by atoms with Gasteiger partial charge in [-0.25, -0.2) is 0 Å². The molecule has 28 heavy (non-hydrogen) atoms. The molecular formula is C21H34O6Si. The largest absolute Gasteiger partial charge is 0.497 e. The molecule has 7 heteroatoms. The summed E-state index contributed by atoms with van der Waals surface area (Å²) in [6, 6.07) is 7.61. The zero-order valence-corrected chi connectivity index (χ0v) is 19.1. The van der Waals surface area contributed by atoms with Gasteiger partial charge >= 0.3 is 5.97 Å². The van der Waals surface area contributed by atoms with Crippen molar-refractivity contribution in [1.82, 2.24) is 0 Å². The standard InChI is InChI=1S/C21H34O6Si/c1-20(2,3)28(6,7)27-18-17(26-19(23)21(18,4)14-22)13-25-12-15-8-10-16(24-5)11-9-15/h8-11,17-18,22H,12-14H2,1-7H3/t17-,18-,21-/m1/s1. The molecule has 0 amide bonds. The molecule has 0 radical (unpaired) electrons. The van der Waals surface area contributed by atoms with E-state index in [4.69, 9.17) is 18.6 Å². The Bertz CT molecular complexity index is 666. The fraction of sp³-hybridized carbons (Fsp3) is 0.667. The van der Waals surface area contributed by atoms with Gasteiger partial charge < -0.3 is 23.7 Å². The van der Waals surface area contributed by atoms with Gasteiger partial charge in [-0.3, -0.25) is 4.79 Å². The van der Waals surface area contributed by atoms with Crippen molar-refractivity contribution in [3.05, 3.63) is 29.8 Å². The third kappa shape index (κ3) is 4.76. The molecule has 0 unspecified atom stereocenters. The molecule has 1 heterocycles.